The van der Waals surface area contributed by atoms with Crippen molar-refractivity contribution in [3.8, 4) is 0 Å². The number of hydrogen-bond donors (Lipinski definition) is 1. The molecule has 0 spiro atoms. The van der Waals surface area contributed by atoms with Crippen LogP contribution in [0.5, 0.6) is 0 Å². The Kier molecular flexibility index (Phi) is 3.14. The number of fused-ring (bicyclic) bond motifs is 1. The summed E-state index contributed by atoms with van der Waals surface area (Å²) in [4.78, 5) is 2.50. The van der Waals surface area contributed by atoms with Crippen molar-refractivity contribution in [3.05, 3.63) is 23.8 Å². The van der Waals surface area contributed by atoms with Crippen molar-refractivity contribution in [2.24, 2.45) is 0 Å². The van der Waals surface area contributed by atoms with Gasteiger partial charge in [0.15, 0.2) is 0 Å². The predicted octanol–water partition coefficient (Wildman–Crippen LogP) is 1.37. The molecule has 0 radical (unpaired) electrons. The van der Waals surface area contributed by atoms with Crippen molar-refractivity contribution < 1.29 is 8.42 Å². The third kappa shape index (κ3) is 2.45. The molecular formula is C12H18N2O2S. The Morgan fingerprint density at radius 3 is 2.71 bits per heavy atom. The predicted molar refractivity (Wildman–Crippen MR) is 68.9 cm³/mol. The first-order valence-electron chi connectivity index (χ1n) is 5.76. The Morgan fingerprint density at radius 2 is 2.06 bits per heavy atom. The molecule has 1 aromatic carbocycles. The smallest absolute Gasteiger partial charge is 0.240 e. The van der Waals surface area contributed by atoms with E-state index < -0.39 is 10.0 Å². The zero-order chi connectivity index (χ0) is 12.6. The second kappa shape index (κ2) is 4.31. The molecule has 0 fully saturated rings. The molecule has 0 saturated carbocycles. The third-order valence-corrected chi connectivity index (χ3v) is 4.54. The molecule has 94 valence electrons. The molecule has 0 saturated heterocycles. The Labute approximate surface area is 103 Å². The van der Waals surface area contributed by atoms with Crippen LogP contribution in [-0.4, -0.2) is 28.1 Å². The summed E-state index contributed by atoms with van der Waals surface area (Å²) in [6, 6.07) is 5.25. The highest BCUT2D eigenvalue weighted by atomic mass is 32.2. The molecule has 0 atom stereocenters. The zero-order valence-corrected chi connectivity index (χ0v) is 11.2. The van der Waals surface area contributed by atoms with Crippen LogP contribution in [0.15, 0.2) is 23.1 Å². The van der Waals surface area contributed by atoms with E-state index in [4.69, 9.17) is 0 Å². The fourth-order valence-corrected chi connectivity index (χ4v) is 3.39. The minimum absolute atomic E-state index is 0.0871. The maximum absolute atomic E-state index is 12.0. The largest absolute Gasteiger partial charge is 0.374 e. The molecule has 0 bridgehead atoms. The first-order valence-corrected chi connectivity index (χ1v) is 7.25. The Hall–Kier alpha value is -1.07. The minimum atomic E-state index is -3.37. The van der Waals surface area contributed by atoms with Gasteiger partial charge in [-0.2, -0.15) is 0 Å². The summed E-state index contributed by atoms with van der Waals surface area (Å²) in [5.41, 5.74) is 2.24. The summed E-state index contributed by atoms with van der Waals surface area (Å²) in [7, 11) is -1.35. The molecule has 2 rings (SSSR count). The Bertz CT molecular complexity index is 523. The van der Waals surface area contributed by atoms with Crippen LogP contribution >= 0.6 is 0 Å². The molecule has 0 amide bonds. The van der Waals surface area contributed by atoms with E-state index in [1.807, 2.05) is 27.0 Å². The fourth-order valence-electron chi connectivity index (χ4n) is 2.09. The van der Waals surface area contributed by atoms with E-state index in [0.717, 1.165) is 24.2 Å². The van der Waals surface area contributed by atoms with Crippen LogP contribution in [0, 0.1) is 0 Å². The monoisotopic (exact) mass is 254 g/mol. The van der Waals surface area contributed by atoms with Crippen LogP contribution in [0.25, 0.3) is 0 Å². The van der Waals surface area contributed by atoms with E-state index in [9.17, 15) is 8.42 Å². The normalized spacial score (nSPS) is 15.4. The van der Waals surface area contributed by atoms with E-state index in [0.29, 0.717) is 4.90 Å². The number of sulfonamides is 1. The van der Waals surface area contributed by atoms with Crippen LogP contribution < -0.4 is 9.62 Å². The van der Waals surface area contributed by atoms with Crippen molar-refractivity contribution in [1.82, 2.24) is 4.72 Å². The van der Waals surface area contributed by atoms with Gasteiger partial charge in [-0.05, 0) is 44.0 Å². The molecule has 17 heavy (non-hydrogen) atoms. The highest BCUT2D eigenvalue weighted by Crippen LogP contribution is 2.28. The zero-order valence-electron chi connectivity index (χ0n) is 10.4. The number of nitrogens with one attached hydrogen (secondary N) is 1. The second-order valence-corrected chi connectivity index (χ2v) is 6.45. The van der Waals surface area contributed by atoms with Crippen molar-refractivity contribution in [1.29, 1.82) is 0 Å². The van der Waals surface area contributed by atoms with Gasteiger partial charge < -0.3 is 4.90 Å². The van der Waals surface area contributed by atoms with E-state index >= 15 is 0 Å². The molecule has 1 heterocycles. The van der Waals surface area contributed by atoms with Crippen LogP contribution in [-0.2, 0) is 16.4 Å². The summed E-state index contributed by atoms with van der Waals surface area (Å²) in [6.45, 7) is 4.59. The number of benzene rings is 1. The van der Waals surface area contributed by atoms with Crippen LogP contribution in [0.1, 0.15) is 19.4 Å². The quantitative estimate of drug-likeness (QED) is 0.886. The van der Waals surface area contributed by atoms with Gasteiger partial charge in [0.2, 0.25) is 10.0 Å². The molecule has 1 aliphatic rings. The summed E-state index contributed by atoms with van der Waals surface area (Å²) in [6.07, 6.45) is 0.914. The van der Waals surface area contributed by atoms with E-state index in [1.54, 1.807) is 12.1 Å². The van der Waals surface area contributed by atoms with Gasteiger partial charge in [0.05, 0.1) is 4.90 Å². The molecule has 4 nitrogen and oxygen atoms in total. The van der Waals surface area contributed by atoms with Crippen molar-refractivity contribution in [2.75, 3.05) is 18.5 Å². The second-order valence-electron chi connectivity index (χ2n) is 4.74. The number of rotatable bonds is 3. The lowest BCUT2D eigenvalue weighted by atomic mass is 10.2. The first kappa shape index (κ1) is 12.4. The molecule has 0 unspecified atom stereocenters. The lowest BCUT2D eigenvalue weighted by Gasteiger charge is -2.13. The third-order valence-electron chi connectivity index (χ3n) is 2.88. The van der Waals surface area contributed by atoms with Gasteiger partial charge in [-0.25, -0.2) is 13.1 Å². The summed E-state index contributed by atoms with van der Waals surface area (Å²) >= 11 is 0. The van der Waals surface area contributed by atoms with E-state index in [1.165, 1.54) is 0 Å². The topological polar surface area (TPSA) is 49.4 Å². The fraction of sp³-hybridized carbons (Fsp3) is 0.500. The number of likely N-dealkylation sites (N-methyl/N-ethyl adjacent to an activating group) is 1. The van der Waals surface area contributed by atoms with Gasteiger partial charge in [0.1, 0.15) is 0 Å². The van der Waals surface area contributed by atoms with Crippen molar-refractivity contribution in [3.63, 3.8) is 0 Å². The highest BCUT2D eigenvalue weighted by molar-refractivity contribution is 7.89. The molecule has 1 aliphatic heterocycles. The van der Waals surface area contributed by atoms with Gasteiger partial charge in [0, 0.05) is 25.3 Å². The first-order chi connectivity index (χ1) is 7.90. The highest BCUT2D eigenvalue weighted by Gasteiger charge is 2.20. The van der Waals surface area contributed by atoms with Gasteiger partial charge in [-0.15, -0.1) is 0 Å². The molecule has 1 aromatic rings. The molecule has 5 heteroatoms. The average Bonchev–Trinajstić information content (AvgIpc) is 2.58. The van der Waals surface area contributed by atoms with Crippen LogP contribution in [0.2, 0.25) is 0 Å². The molecule has 0 aliphatic carbocycles. The standard InChI is InChI=1S/C12H18N2O2S/c1-9(2)13-17(15,16)11-4-5-12-10(8-11)6-7-14(12)3/h4-5,8-9,13H,6-7H2,1-3H3. The lowest BCUT2D eigenvalue weighted by molar-refractivity contribution is 0.570. The van der Waals surface area contributed by atoms with Crippen molar-refractivity contribution in [2.45, 2.75) is 31.2 Å². The molecular weight excluding hydrogens is 236 g/mol. The SMILES string of the molecule is CC(C)NS(=O)(=O)c1ccc2c(c1)CCN2C. The Balaban J connectivity index is 2.36. The van der Waals surface area contributed by atoms with Gasteiger partial charge in [-0.1, -0.05) is 0 Å². The van der Waals surface area contributed by atoms with Gasteiger partial charge >= 0.3 is 0 Å². The van der Waals surface area contributed by atoms with Crippen LogP contribution in [0.3, 0.4) is 0 Å². The van der Waals surface area contributed by atoms with E-state index in [-0.39, 0.29) is 6.04 Å². The lowest BCUT2D eigenvalue weighted by Crippen LogP contribution is -2.30. The molecule has 1 N–H and O–H groups in total. The summed E-state index contributed by atoms with van der Waals surface area (Å²) in [5, 5.41) is 0. The number of nitrogens with zero attached hydrogens (tertiary/aromatic N) is 1. The average molecular weight is 254 g/mol. The van der Waals surface area contributed by atoms with Gasteiger partial charge in [0.25, 0.3) is 0 Å². The van der Waals surface area contributed by atoms with E-state index in [2.05, 4.69) is 9.62 Å². The summed E-state index contributed by atoms with van der Waals surface area (Å²) in [5.74, 6) is 0. The van der Waals surface area contributed by atoms with Crippen LogP contribution in [0.4, 0.5) is 5.69 Å². The maximum atomic E-state index is 12.0. The number of anilines is 1. The van der Waals surface area contributed by atoms with Gasteiger partial charge in [-0.3, -0.25) is 0 Å². The Morgan fingerprint density at radius 1 is 1.35 bits per heavy atom. The minimum Gasteiger partial charge on any atom is -0.374 e. The number of hydrogen-bond acceptors (Lipinski definition) is 3. The van der Waals surface area contributed by atoms with Crippen molar-refractivity contribution >= 4 is 15.7 Å². The maximum Gasteiger partial charge on any atom is 0.240 e. The summed E-state index contributed by atoms with van der Waals surface area (Å²) < 4.78 is 26.6. The molecule has 0 aromatic heterocycles.